The number of aryl methyl sites for hydroxylation is 1. The summed E-state index contributed by atoms with van der Waals surface area (Å²) in [6.45, 7) is 6.68. The van der Waals surface area contributed by atoms with E-state index in [9.17, 15) is 4.79 Å². The van der Waals surface area contributed by atoms with Gasteiger partial charge in [0.15, 0.2) is 5.78 Å². The van der Waals surface area contributed by atoms with Crippen LogP contribution in [0.5, 0.6) is 0 Å². The van der Waals surface area contributed by atoms with Crippen LogP contribution in [0.15, 0.2) is 35.5 Å². The van der Waals surface area contributed by atoms with E-state index in [2.05, 4.69) is 61.2 Å². The highest BCUT2D eigenvalue weighted by Crippen LogP contribution is 2.56. The first kappa shape index (κ1) is 16.5. The molecule has 3 N–H and O–H groups in total. The number of hydrogen-bond acceptors (Lipinski definition) is 4. The Morgan fingerprint density at radius 2 is 1.92 bits per heavy atom. The summed E-state index contributed by atoms with van der Waals surface area (Å²) < 4.78 is 0. The minimum absolute atomic E-state index is 0.0305. The monoisotopic (exact) mass is 351 g/mol. The van der Waals surface area contributed by atoms with Gasteiger partial charge in [0.2, 0.25) is 0 Å². The second kappa shape index (κ2) is 5.43. The molecule has 4 nitrogen and oxygen atoms in total. The zero-order chi connectivity index (χ0) is 18.1. The highest BCUT2D eigenvalue weighted by molar-refractivity contribution is 6.00. The predicted molar refractivity (Wildman–Crippen MR) is 102 cm³/mol. The van der Waals surface area contributed by atoms with Gasteiger partial charge in [-0.2, -0.15) is 0 Å². The topological polar surface area (TPSA) is 53.2 Å². The average Bonchev–Trinajstić information content (AvgIpc) is 2.95. The van der Waals surface area contributed by atoms with E-state index in [1.165, 1.54) is 16.8 Å². The van der Waals surface area contributed by atoms with E-state index in [-0.39, 0.29) is 17.0 Å². The van der Waals surface area contributed by atoms with Gasteiger partial charge in [0, 0.05) is 35.1 Å². The van der Waals surface area contributed by atoms with Crippen LogP contribution < -0.4 is 16.2 Å². The zero-order valence-electron chi connectivity index (χ0n) is 16.0. The van der Waals surface area contributed by atoms with E-state index in [0.29, 0.717) is 24.2 Å². The van der Waals surface area contributed by atoms with Crippen molar-refractivity contribution >= 4 is 5.78 Å². The van der Waals surface area contributed by atoms with Gasteiger partial charge in [-0.1, -0.05) is 38.1 Å². The van der Waals surface area contributed by atoms with Crippen molar-refractivity contribution in [1.29, 1.82) is 0 Å². The van der Waals surface area contributed by atoms with Crippen LogP contribution in [0, 0.1) is 11.3 Å². The minimum Gasteiger partial charge on any atom is -0.371 e. The second-order valence-corrected chi connectivity index (χ2v) is 9.50. The van der Waals surface area contributed by atoms with Crippen molar-refractivity contribution in [2.24, 2.45) is 11.3 Å². The summed E-state index contributed by atoms with van der Waals surface area (Å²) in [5.41, 5.74) is 11.9. The first-order chi connectivity index (χ1) is 12.4. The van der Waals surface area contributed by atoms with E-state index in [4.69, 9.17) is 0 Å². The first-order valence-corrected chi connectivity index (χ1v) is 10.1. The lowest BCUT2D eigenvalue weighted by molar-refractivity contribution is -0.119. The maximum atomic E-state index is 13.5. The zero-order valence-corrected chi connectivity index (χ0v) is 16.0. The largest absolute Gasteiger partial charge is 0.371 e. The molecule has 2 aliphatic carbocycles. The standard InChI is InChI=1S/C22H29N3O/c1-13-18-20(25-24-13)23-16-11-21(2,3)12-17(26)19(16)22(18)10-6-8-14-7-4-5-9-15(14)22/h4-5,7,9,13,18,20,23-25H,6,8,10-12H2,1-3H3. The van der Waals surface area contributed by atoms with Gasteiger partial charge >= 0.3 is 0 Å². The van der Waals surface area contributed by atoms with Gasteiger partial charge in [0.1, 0.15) is 0 Å². The normalized spacial score (nSPS) is 37.8. The number of benzene rings is 1. The van der Waals surface area contributed by atoms with Crippen molar-refractivity contribution in [3.8, 4) is 0 Å². The lowest BCUT2D eigenvalue weighted by atomic mass is 9.52. The highest BCUT2D eigenvalue weighted by Gasteiger charge is 2.59. The van der Waals surface area contributed by atoms with Crippen LogP contribution in [-0.2, 0) is 16.6 Å². The lowest BCUT2D eigenvalue weighted by Crippen LogP contribution is -2.60. The Labute approximate surface area is 155 Å². The molecule has 4 aliphatic rings. The molecule has 0 saturated carbocycles. The van der Waals surface area contributed by atoms with Gasteiger partial charge in [0.25, 0.3) is 0 Å². The van der Waals surface area contributed by atoms with Crippen LogP contribution in [0.4, 0.5) is 0 Å². The predicted octanol–water partition coefficient (Wildman–Crippen LogP) is 2.95. The van der Waals surface area contributed by atoms with E-state index in [1.54, 1.807) is 0 Å². The van der Waals surface area contributed by atoms with Crippen LogP contribution in [-0.4, -0.2) is 18.0 Å². The van der Waals surface area contributed by atoms with Crippen LogP contribution in [0.1, 0.15) is 57.6 Å². The highest BCUT2D eigenvalue weighted by atomic mass is 16.1. The lowest BCUT2D eigenvalue weighted by Gasteiger charge is -2.54. The van der Waals surface area contributed by atoms with Gasteiger partial charge < -0.3 is 5.32 Å². The van der Waals surface area contributed by atoms with Crippen LogP contribution >= 0.6 is 0 Å². The summed E-state index contributed by atoms with van der Waals surface area (Å²) in [5.74, 6) is 0.700. The van der Waals surface area contributed by atoms with Crippen molar-refractivity contribution in [1.82, 2.24) is 16.2 Å². The minimum atomic E-state index is -0.163. The molecule has 1 aromatic carbocycles. The molecule has 138 valence electrons. The molecule has 1 saturated heterocycles. The Morgan fingerprint density at radius 1 is 1.12 bits per heavy atom. The number of hydrazine groups is 1. The number of carbonyl (C=O) groups is 1. The summed E-state index contributed by atoms with van der Waals surface area (Å²) in [5, 5.41) is 3.72. The van der Waals surface area contributed by atoms with E-state index in [0.717, 1.165) is 31.3 Å². The fraction of sp³-hybridized carbons (Fsp3) is 0.591. The number of nitrogens with one attached hydrogen (secondary N) is 3. The summed E-state index contributed by atoms with van der Waals surface area (Å²) in [6.07, 6.45) is 5.14. The number of allylic oxidation sites excluding steroid dienone is 2. The maximum Gasteiger partial charge on any atom is 0.162 e. The molecule has 0 radical (unpaired) electrons. The van der Waals surface area contributed by atoms with Crippen molar-refractivity contribution in [3.05, 3.63) is 46.7 Å². The van der Waals surface area contributed by atoms with Crippen molar-refractivity contribution in [2.75, 3.05) is 0 Å². The number of rotatable bonds is 0. The number of Topliss-reactive ketones (excluding diaryl/α,β-unsaturated/α-hetero) is 1. The van der Waals surface area contributed by atoms with Crippen molar-refractivity contribution in [2.45, 2.75) is 70.5 Å². The first-order valence-electron chi connectivity index (χ1n) is 10.1. The molecule has 1 fully saturated rings. The van der Waals surface area contributed by atoms with Gasteiger partial charge in [0.05, 0.1) is 6.17 Å². The Hall–Kier alpha value is -1.65. The Kier molecular flexibility index (Phi) is 3.45. The third-order valence-electron chi connectivity index (χ3n) is 7.10. The molecule has 1 spiro atoms. The van der Waals surface area contributed by atoms with E-state index < -0.39 is 0 Å². The van der Waals surface area contributed by atoms with Gasteiger partial charge in [-0.15, -0.1) is 0 Å². The molecule has 2 aliphatic heterocycles. The summed E-state index contributed by atoms with van der Waals surface area (Å²) in [7, 11) is 0. The van der Waals surface area contributed by atoms with Gasteiger partial charge in [-0.05, 0) is 49.1 Å². The molecule has 0 bridgehead atoms. The van der Waals surface area contributed by atoms with Crippen molar-refractivity contribution in [3.63, 3.8) is 0 Å². The van der Waals surface area contributed by atoms with Crippen LogP contribution in [0.2, 0.25) is 0 Å². The third kappa shape index (κ3) is 2.12. The Bertz CT molecular complexity index is 811. The fourth-order valence-electron chi connectivity index (χ4n) is 6.31. The van der Waals surface area contributed by atoms with E-state index in [1.807, 2.05) is 0 Å². The average molecular weight is 351 g/mol. The molecule has 26 heavy (non-hydrogen) atoms. The number of fused-ring (bicyclic) bond motifs is 5. The smallest absolute Gasteiger partial charge is 0.162 e. The van der Waals surface area contributed by atoms with Crippen LogP contribution in [0.3, 0.4) is 0 Å². The molecular formula is C22H29N3O. The summed E-state index contributed by atoms with van der Waals surface area (Å²) >= 11 is 0. The number of hydrogen-bond donors (Lipinski definition) is 3. The molecule has 1 aromatic rings. The molecule has 4 heteroatoms. The number of carbonyl (C=O) groups excluding carboxylic acids is 1. The molecule has 5 rings (SSSR count). The molecule has 4 atom stereocenters. The fourth-order valence-corrected chi connectivity index (χ4v) is 6.31. The van der Waals surface area contributed by atoms with Gasteiger partial charge in [-0.25, -0.2) is 5.43 Å². The van der Waals surface area contributed by atoms with Crippen LogP contribution in [0.25, 0.3) is 0 Å². The quantitative estimate of drug-likeness (QED) is 0.673. The van der Waals surface area contributed by atoms with Gasteiger partial charge in [-0.3, -0.25) is 10.2 Å². The maximum absolute atomic E-state index is 13.5. The number of ketones is 1. The summed E-state index contributed by atoms with van der Waals surface area (Å²) in [6, 6.07) is 9.17. The Balaban J connectivity index is 1.79. The third-order valence-corrected chi connectivity index (χ3v) is 7.10. The second-order valence-electron chi connectivity index (χ2n) is 9.50. The SMILES string of the molecule is CC1NNC2NC3=C(C(=O)CC(C)(C)C3)C3(CCCc4ccccc43)C12. The Morgan fingerprint density at radius 3 is 2.77 bits per heavy atom. The van der Waals surface area contributed by atoms with E-state index >= 15 is 0 Å². The molecule has 0 amide bonds. The molecular weight excluding hydrogens is 322 g/mol. The molecule has 0 aromatic heterocycles. The van der Waals surface area contributed by atoms with Crippen molar-refractivity contribution < 1.29 is 4.79 Å². The molecule has 4 unspecified atom stereocenters. The molecule has 2 heterocycles. The summed E-state index contributed by atoms with van der Waals surface area (Å²) in [4.78, 5) is 13.5.